The van der Waals surface area contributed by atoms with E-state index >= 15 is 0 Å². The Morgan fingerprint density at radius 1 is 1.09 bits per heavy atom. The first-order valence-corrected chi connectivity index (χ1v) is 11.6. The van der Waals surface area contributed by atoms with E-state index in [9.17, 15) is 9.18 Å². The van der Waals surface area contributed by atoms with Crippen LogP contribution in [0, 0.1) is 5.82 Å². The molecule has 0 spiro atoms. The summed E-state index contributed by atoms with van der Waals surface area (Å²) in [6.45, 7) is 4.88. The first-order chi connectivity index (χ1) is 16.1. The summed E-state index contributed by atoms with van der Waals surface area (Å²) in [6, 6.07) is 13.4. The van der Waals surface area contributed by atoms with Gasteiger partial charge < -0.3 is 20.3 Å². The van der Waals surface area contributed by atoms with E-state index in [0.717, 1.165) is 60.7 Å². The molecule has 1 aliphatic rings. The number of urea groups is 1. The molecule has 8 nitrogen and oxygen atoms in total. The number of amides is 2. The van der Waals surface area contributed by atoms with Gasteiger partial charge in [0.15, 0.2) is 0 Å². The van der Waals surface area contributed by atoms with Crippen molar-refractivity contribution in [3.05, 3.63) is 65.7 Å². The number of carbonyl (C=O) groups excluding carboxylic acids is 1. The fourth-order valence-corrected chi connectivity index (χ4v) is 4.31. The Labute approximate surface area is 196 Å². The number of hydrogen-bond acceptors (Lipinski definition) is 7. The zero-order valence-corrected chi connectivity index (χ0v) is 19.3. The van der Waals surface area contributed by atoms with E-state index in [-0.39, 0.29) is 11.8 Å². The van der Waals surface area contributed by atoms with Crippen molar-refractivity contribution in [3.63, 3.8) is 0 Å². The van der Waals surface area contributed by atoms with Crippen molar-refractivity contribution >= 4 is 28.4 Å². The van der Waals surface area contributed by atoms with Gasteiger partial charge in [0.1, 0.15) is 17.4 Å². The van der Waals surface area contributed by atoms with E-state index in [1.807, 2.05) is 0 Å². The molecule has 0 aliphatic carbocycles. The Balaban J connectivity index is 1.16. The van der Waals surface area contributed by atoms with E-state index < -0.39 is 0 Å². The number of carbonyl (C=O) groups is 1. The maximum atomic E-state index is 13.1. The lowest BCUT2D eigenvalue weighted by atomic mass is 10.1. The third kappa shape index (κ3) is 6.62. The summed E-state index contributed by atoms with van der Waals surface area (Å²) in [6.07, 6.45) is 0.598. The monoisotopic (exact) mass is 470 g/mol. The lowest BCUT2D eigenvalue weighted by Crippen LogP contribution is -2.48. The molecular formula is C23H27FN6O2S. The van der Waals surface area contributed by atoms with E-state index in [1.54, 1.807) is 43.5 Å². The number of hydrogen-bond donors (Lipinski definition) is 2. The average Bonchev–Trinajstić information content (AvgIpc) is 3.30. The van der Waals surface area contributed by atoms with Gasteiger partial charge in [-0.2, -0.15) is 4.37 Å². The largest absolute Gasteiger partial charge is 0.497 e. The van der Waals surface area contributed by atoms with Crippen LogP contribution in [0.25, 0.3) is 0 Å². The molecule has 2 N–H and O–H groups in total. The topological polar surface area (TPSA) is 82.6 Å². The maximum absolute atomic E-state index is 13.1. The molecule has 2 amide bonds. The molecule has 0 atom stereocenters. The summed E-state index contributed by atoms with van der Waals surface area (Å²) >= 11 is 1.40. The van der Waals surface area contributed by atoms with Crippen LogP contribution in [0.15, 0.2) is 48.5 Å². The Morgan fingerprint density at radius 3 is 2.52 bits per heavy atom. The Kier molecular flexibility index (Phi) is 7.69. The number of methoxy groups -OCH3 is 1. The van der Waals surface area contributed by atoms with Crippen LogP contribution in [0.2, 0.25) is 0 Å². The summed E-state index contributed by atoms with van der Waals surface area (Å²) in [5.41, 5.74) is 1.71. The molecule has 3 aromatic rings. The van der Waals surface area contributed by atoms with E-state index in [0.29, 0.717) is 13.0 Å². The number of benzene rings is 2. The van der Waals surface area contributed by atoms with Crippen molar-refractivity contribution in [2.24, 2.45) is 0 Å². The van der Waals surface area contributed by atoms with Crippen molar-refractivity contribution in [1.82, 2.24) is 19.6 Å². The molecule has 1 saturated heterocycles. The normalized spacial score (nSPS) is 14.2. The first kappa shape index (κ1) is 22.9. The second kappa shape index (κ2) is 11.1. The second-order valence-corrected chi connectivity index (χ2v) is 8.46. The maximum Gasteiger partial charge on any atom is 0.319 e. The van der Waals surface area contributed by atoms with Crippen molar-refractivity contribution in [2.45, 2.75) is 6.42 Å². The summed E-state index contributed by atoms with van der Waals surface area (Å²) in [7, 11) is 1.61. The molecule has 4 rings (SSSR count). The summed E-state index contributed by atoms with van der Waals surface area (Å²) in [4.78, 5) is 21.3. The predicted molar refractivity (Wildman–Crippen MR) is 128 cm³/mol. The number of nitrogens with zero attached hydrogens (tertiary/aromatic N) is 4. The molecule has 33 heavy (non-hydrogen) atoms. The van der Waals surface area contributed by atoms with E-state index in [2.05, 4.69) is 29.8 Å². The van der Waals surface area contributed by atoms with Gasteiger partial charge in [-0.1, -0.05) is 12.1 Å². The molecule has 174 valence electrons. The van der Waals surface area contributed by atoms with Crippen LogP contribution in [0.1, 0.15) is 11.4 Å². The number of nitrogens with one attached hydrogen (secondary N) is 2. The molecular weight excluding hydrogens is 443 g/mol. The second-order valence-electron chi connectivity index (χ2n) is 7.73. The van der Waals surface area contributed by atoms with E-state index in [4.69, 9.17) is 4.74 Å². The van der Waals surface area contributed by atoms with Gasteiger partial charge in [-0.25, -0.2) is 14.2 Å². The molecule has 0 bridgehead atoms. The quantitative estimate of drug-likeness (QED) is 0.526. The highest BCUT2D eigenvalue weighted by atomic mass is 32.1. The SMILES string of the molecule is COc1ccc(NC(=O)NCCN2CCN(c3nc(Cc4ccc(F)cc4)ns3)CC2)cc1. The smallest absolute Gasteiger partial charge is 0.319 e. The number of ether oxygens (including phenoxy) is 1. The molecule has 0 radical (unpaired) electrons. The number of aromatic nitrogens is 2. The highest BCUT2D eigenvalue weighted by molar-refractivity contribution is 7.09. The lowest BCUT2D eigenvalue weighted by Gasteiger charge is -2.34. The molecule has 1 fully saturated rings. The zero-order chi connectivity index (χ0) is 23.0. The summed E-state index contributed by atoms with van der Waals surface area (Å²) in [5, 5.41) is 6.64. The Morgan fingerprint density at radius 2 is 1.82 bits per heavy atom. The van der Waals surface area contributed by atoms with Gasteiger partial charge in [-0.3, -0.25) is 4.90 Å². The Hall–Kier alpha value is -3.24. The van der Waals surface area contributed by atoms with Crippen molar-refractivity contribution in [2.75, 3.05) is 56.6 Å². The van der Waals surface area contributed by atoms with Gasteiger partial charge in [0.2, 0.25) is 5.13 Å². The first-order valence-electron chi connectivity index (χ1n) is 10.8. The van der Waals surface area contributed by atoms with Crippen molar-refractivity contribution in [1.29, 1.82) is 0 Å². The average molecular weight is 471 g/mol. The van der Waals surface area contributed by atoms with Crippen molar-refractivity contribution < 1.29 is 13.9 Å². The van der Waals surface area contributed by atoms with Crippen LogP contribution < -0.4 is 20.3 Å². The number of anilines is 2. The fourth-order valence-electron chi connectivity index (χ4n) is 3.57. The van der Waals surface area contributed by atoms with Gasteiger partial charge in [0.05, 0.1) is 7.11 Å². The van der Waals surface area contributed by atoms with Crippen LogP contribution in [0.5, 0.6) is 5.75 Å². The molecule has 10 heteroatoms. The standard InChI is InChI=1S/C23H27FN6O2S/c1-32-20-8-6-19(7-9-20)26-22(31)25-10-11-29-12-14-30(15-13-29)23-27-21(28-33-23)16-17-2-4-18(24)5-3-17/h2-9H,10-16H2,1H3,(H2,25,26,31). The van der Waals surface area contributed by atoms with Crippen molar-refractivity contribution in [3.8, 4) is 5.75 Å². The van der Waals surface area contributed by atoms with Gasteiger partial charge >= 0.3 is 6.03 Å². The fraction of sp³-hybridized carbons (Fsp3) is 0.348. The third-order valence-electron chi connectivity index (χ3n) is 5.44. The van der Waals surface area contributed by atoms with Crippen LogP contribution in [0.4, 0.5) is 20.0 Å². The van der Waals surface area contributed by atoms with E-state index in [1.165, 1.54) is 23.7 Å². The van der Waals surface area contributed by atoms with Gasteiger partial charge in [-0.05, 0) is 42.0 Å². The van der Waals surface area contributed by atoms with Crippen LogP contribution >= 0.6 is 11.5 Å². The number of halogens is 1. The van der Waals surface area contributed by atoms with Gasteiger partial charge in [-0.15, -0.1) is 0 Å². The highest BCUT2D eigenvalue weighted by Gasteiger charge is 2.20. The molecule has 1 aromatic heterocycles. The molecule has 0 saturated carbocycles. The van der Waals surface area contributed by atoms with Crippen LogP contribution in [0.3, 0.4) is 0 Å². The molecule has 1 aliphatic heterocycles. The third-order valence-corrected chi connectivity index (χ3v) is 6.25. The zero-order valence-electron chi connectivity index (χ0n) is 18.5. The number of piperazine rings is 1. The molecule has 2 heterocycles. The minimum Gasteiger partial charge on any atom is -0.497 e. The van der Waals surface area contributed by atoms with Crippen LogP contribution in [-0.2, 0) is 6.42 Å². The molecule has 2 aromatic carbocycles. The minimum absolute atomic E-state index is 0.221. The highest BCUT2D eigenvalue weighted by Crippen LogP contribution is 2.20. The Bertz CT molecular complexity index is 1040. The van der Waals surface area contributed by atoms with Gasteiger partial charge in [0.25, 0.3) is 0 Å². The summed E-state index contributed by atoms with van der Waals surface area (Å²) < 4.78 is 22.6. The number of rotatable bonds is 8. The summed E-state index contributed by atoms with van der Waals surface area (Å²) in [5.74, 6) is 1.27. The minimum atomic E-state index is -0.239. The lowest BCUT2D eigenvalue weighted by molar-refractivity contribution is 0.240. The molecule has 0 unspecified atom stereocenters. The van der Waals surface area contributed by atoms with Gasteiger partial charge in [0, 0.05) is 62.9 Å². The predicted octanol–water partition coefficient (Wildman–Crippen LogP) is 3.22. The van der Waals surface area contributed by atoms with Crippen LogP contribution in [-0.4, -0.2) is 66.7 Å².